The predicted octanol–water partition coefficient (Wildman–Crippen LogP) is 3.56. The molecule has 3 rings (SSSR count). The SMILES string of the molecule is CCn1c(S[C@@H](C)c2ccccc2)nc2cc(S(N)(=O)=O)ccc21. The van der Waals surface area contributed by atoms with Gasteiger partial charge in [0, 0.05) is 11.8 Å². The molecule has 0 saturated carbocycles. The van der Waals surface area contributed by atoms with Gasteiger partial charge in [-0.15, -0.1) is 0 Å². The molecule has 1 aromatic heterocycles. The smallest absolute Gasteiger partial charge is 0.238 e. The molecular weight excluding hydrogens is 342 g/mol. The van der Waals surface area contributed by atoms with Gasteiger partial charge in [-0.25, -0.2) is 18.5 Å². The molecule has 0 saturated heterocycles. The van der Waals surface area contributed by atoms with Crippen molar-refractivity contribution in [1.29, 1.82) is 0 Å². The Hall–Kier alpha value is -1.83. The average molecular weight is 361 g/mol. The summed E-state index contributed by atoms with van der Waals surface area (Å²) in [5, 5.41) is 6.33. The Balaban J connectivity index is 2.01. The van der Waals surface area contributed by atoms with Gasteiger partial charge in [-0.05, 0) is 37.6 Å². The molecule has 0 aliphatic carbocycles. The van der Waals surface area contributed by atoms with E-state index in [4.69, 9.17) is 5.14 Å². The number of rotatable bonds is 5. The molecule has 3 aromatic rings. The quantitative estimate of drug-likeness (QED) is 0.705. The highest BCUT2D eigenvalue weighted by Crippen LogP contribution is 2.36. The van der Waals surface area contributed by atoms with Crippen LogP contribution in [-0.4, -0.2) is 18.0 Å². The number of sulfonamides is 1. The highest BCUT2D eigenvalue weighted by Gasteiger charge is 2.17. The first-order valence-corrected chi connectivity index (χ1v) is 10.1. The van der Waals surface area contributed by atoms with Crippen molar-refractivity contribution < 1.29 is 8.42 Å². The van der Waals surface area contributed by atoms with Gasteiger partial charge < -0.3 is 4.57 Å². The lowest BCUT2D eigenvalue weighted by Crippen LogP contribution is -2.11. The van der Waals surface area contributed by atoms with E-state index in [-0.39, 0.29) is 10.1 Å². The first-order valence-electron chi connectivity index (χ1n) is 7.65. The van der Waals surface area contributed by atoms with Crippen LogP contribution in [-0.2, 0) is 16.6 Å². The van der Waals surface area contributed by atoms with Gasteiger partial charge in [0.2, 0.25) is 10.0 Å². The number of primary sulfonamides is 1. The summed E-state index contributed by atoms with van der Waals surface area (Å²) in [5.41, 5.74) is 2.78. The maximum absolute atomic E-state index is 11.5. The van der Waals surface area contributed by atoms with Gasteiger partial charge >= 0.3 is 0 Å². The van der Waals surface area contributed by atoms with Crippen LogP contribution in [0.5, 0.6) is 0 Å². The van der Waals surface area contributed by atoms with Crippen LogP contribution in [0.4, 0.5) is 0 Å². The van der Waals surface area contributed by atoms with E-state index in [0.717, 1.165) is 17.2 Å². The second-order valence-electron chi connectivity index (χ2n) is 5.50. The highest BCUT2D eigenvalue weighted by atomic mass is 32.2. The van der Waals surface area contributed by atoms with E-state index in [1.165, 1.54) is 17.7 Å². The minimum Gasteiger partial charge on any atom is -0.319 e. The van der Waals surface area contributed by atoms with Crippen LogP contribution in [0, 0.1) is 0 Å². The number of hydrogen-bond acceptors (Lipinski definition) is 4. The Labute approximate surface area is 145 Å². The topological polar surface area (TPSA) is 78.0 Å². The molecule has 0 radical (unpaired) electrons. The van der Waals surface area contributed by atoms with Gasteiger partial charge in [0.15, 0.2) is 5.16 Å². The fourth-order valence-corrected chi connectivity index (χ4v) is 4.26. The van der Waals surface area contributed by atoms with Gasteiger partial charge in [-0.3, -0.25) is 0 Å². The van der Waals surface area contributed by atoms with Gasteiger partial charge in [0.25, 0.3) is 0 Å². The van der Waals surface area contributed by atoms with Crippen LogP contribution in [0.15, 0.2) is 58.6 Å². The Morgan fingerprint density at radius 2 is 1.92 bits per heavy atom. The number of aromatic nitrogens is 2. The minimum atomic E-state index is -3.73. The zero-order valence-electron chi connectivity index (χ0n) is 13.5. The number of aryl methyl sites for hydroxylation is 1. The second kappa shape index (κ2) is 6.58. The Morgan fingerprint density at radius 3 is 2.54 bits per heavy atom. The average Bonchev–Trinajstić information content (AvgIpc) is 2.90. The van der Waals surface area contributed by atoms with Crippen molar-refractivity contribution in [3.63, 3.8) is 0 Å². The molecule has 0 fully saturated rings. The number of thioether (sulfide) groups is 1. The fourth-order valence-electron chi connectivity index (χ4n) is 2.61. The lowest BCUT2D eigenvalue weighted by Gasteiger charge is -2.12. The Kier molecular flexibility index (Phi) is 4.67. The summed E-state index contributed by atoms with van der Waals surface area (Å²) in [6, 6.07) is 15.1. The van der Waals surface area contributed by atoms with Crippen molar-refractivity contribution in [3.05, 3.63) is 54.1 Å². The van der Waals surface area contributed by atoms with Crippen LogP contribution >= 0.6 is 11.8 Å². The monoisotopic (exact) mass is 361 g/mol. The number of benzene rings is 2. The first kappa shape index (κ1) is 17.0. The molecular formula is C17H19N3O2S2. The number of fused-ring (bicyclic) bond motifs is 1. The summed E-state index contributed by atoms with van der Waals surface area (Å²) in [5.74, 6) is 0. The Bertz CT molecular complexity index is 966. The van der Waals surface area contributed by atoms with Crippen molar-refractivity contribution in [2.75, 3.05) is 0 Å². The van der Waals surface area contributed by atoms with Gasteiger partial charge in [-0.2, -0.15) is 0 Å². The molecule has 1 heterocycles. The highest BCUT2D eigenvalue weighted by molar-refractivity contribution is 7.99. The van der Waals surface area contributed by atoms with Crippen molar-refractivity contribution in [3.8, 4) is 0 Å². The summed E-state index contributed by atoms with van der Waals surface area (Å²) < 4.78 is 25.2. The molecule has 126 valence electrons. The van der Waals surface area contributed by atoms with Crippen molar-refractivity contribution in [2.24, 2.45) is 5.14 Å². The zero-order valence-corrected chi connectivity index (χ0v) is 15.1. The summed E-state index contributed by atoms with van der Waals surface area (Å²) in [6.45, 7) is 4.94. The standard InChI is InChI=1S/C17H19N3O2S2/c1-3-20-16-10-9-14(24(18,21)22)11-15(16)19-17(20)23-12(2)13-7-5-4-6-8-13/h4-12H,3H2,1-2H3,(H2,18,21,22)/t12-/m0/s1. The largest absolute Gasteiger partial charge is 0.319 e. The van der Waals surface area contributed by atoms with E-state index < -0.39 is 10.0 Å². The van der Waals surface area contributed by atoms with E-state index in [0.29, 0.717) is 5.52 Å². The molecule has 2 N–H and O–H groups in total. The number of hydrogen-bond donors (Lipinski definition) is 1. The van der Waals surface area contributed by atoms with Gasteiger partial charge in [0.05, 0.1) is 15.9 Å². The molecule has 0 spiro atoms. The molecule has 0 amide bonds. The molecule has 0 aliphatic heterocycles. The van der Waals surface area contributed by atoms with Gasteiger partial charge in [0.1, 0.15) is 0 Å². The molecule has 7 heteroatoms. The van der Waals surface area contributed by atoms with E-state index in [1.54, 1.807) is 17.8 Å². The number of imidazole rings is 1. The predicted molar refractivity (Wildman–Crippen MR) is 97.5 cm³/mol. The summed E-state index contributed by atoms with van der Waals surface area (Å²) in [4.78, 5) is 4.72. The van der Waals surface area contributed by atoms with Crippen molar-refractivity contribution in [2.45, 2.75) is 35.7 Å². The van der Waals surface area contributed by atoms with Crippen LogP contribution in [0.3, 0.4) is 0 Å². The maximum Gasteiger partial charge on any atom is 0.238 e. The normalized spacial score (nSPS) is 13.3. The second-order valence-corrected chi connectivity index (χ2v) is 8.37. The molecule has 1 atom stereocenters. The number of nitrogens with zero attached hydrogens (tertiary/aromatic N) is 2. The van der Waals surface area contributed by atoms with Crippen LogP contribution in [0.25, 0.3) is 11.0 Å². The lowest BCUT2D eigenvalue weighted by molar-refractivity contribution is 0.598. The molecule has 24 heavy (non-hydrogen) atoms. The molecule has 0 aliphatic rings. The molecule has 5 nitrogen and oxygen atoms in total. The third kappa shape index (κ3) is 3.33. The fraction of sp³-hybridized carbons (Fsp3) is 0.235. The Morgan fingerprint density at radius 1 is 1.21 bits per heavy atom. The summed E-state index contributed by atoms with van der Waals surface area (Å²) in [6.07, 6.45) is 0. The maximum atomic E-state index is 11.5. The van der Waals surface area contributed by atoms with Gasteiger partial charge in [-0.1, -0.05) is 42.1 Å². The van der Waals surface area contributed by atoms with E-state index in [1.807, 2.05) is 25.1 Å². The van der Waals surface area contributed by atoms with Crippen LogP contribution in [0.1, 0.15) is 24.7 Å². The minimum absolute atomic E-state index is 0.0865. The van der Waals surface area contributed by atoms with E-state index in [9.17, 15) is 8.42 Å². The van der Waals surface area contributed by atoms with E-state index >= 15 is 0 Å². The number of nitrogens with two attached hydrogens (primary N) is 1. The summed E-state index contributed by atoms with van der Waals surface area (Å²) in [7, 11) is -3.73. The molecule has 0 bridgehead atoms. The van der Waals surface area contributed by atoms with Crippen molar-refractivity contribution >= 4 is 32.8 Å². The zero-order chi connectivity index (χ0) is 17.3. The third-order valence-electron chi connectivity index (χ3n) is 3.88. The van der Waals surface area contributed by atoms with Crippen LogP contribution in [0.2, 0.25) is 0 Å². The first-order chi connectivity index (χ1) is 11.4. The molecule has 0 unspecified atom stereocenters. The third-order valence-corrected chi connectivity index (χ3v) is 5.94. The summed E-state index contributed by atoms with van der Waals surface area (Å²) >= 11 is 1.66. The van der Waals surface area contributed by atoms with E-state index in [2.05, 4.69) is 28.6 Å². The molecule has 2 aromatic carbocycles. The van der Waals surface area contributed by atoms with Crippen LogP contribution < -0.4 is 5.14 Å². The van der Waals surface area contributed by atoms with Crippen molar-refractivity contribution in [1.82, 2.24) is 9.55 Å². The lowest BCUT2D eigenvalue weighted by atomic mass is 10.2.